The fourth-order valence-corrected chi connectivity index (χ4v) is 6.08. The molecule has 3 aromatic rings. The predicted molar refractivity (Wildman–Crippen MR) is 146 cm³/mol. The number of benzene rings is 1. The van der Waals surface area contributed by atoms with Gasteiger partial charge in [-0.2, -0.15) is 11.8 Å². The number of carbonyl (C=O) groups excluding carboxylic acids is 2. The van der Waals surface area contributed by atoms with Crippen molar-refractivity contribution in [3.05, 3.63) is 64.2 Å². The third-order valence-corrected chi connectivity index (χ3v) is 8.34. The number of pyridine rings is 1. The van der Waals surface area contributed by atoms with Crippen molar-refractivity contribution in [2.24, 2.45) is 0 Å². The van der Waals surface area contributed by atoms with Crippen LogP contribution in [0.25, 0.3) is 11.2 Å². The first-order valence-electron chi connectivity index (χ1n) is 13.2. The van der Waals surface area contributed by atoms with Gasteiger partial charge in [-0.3, -0.25) is 14.3 Å². The number of halogens is 2. The Balaban J connectivity index is 1.25. The summed E-state index contributed by atoms with van der Waals surface area (Å²) in [7, 11) is 0. The fraction of sp³-hybridized carbons (Fsp3) is 0.481. The molecule has 1 aromatic carbocycles. The monoisotopic (exact) mass is 558 g/mol. The predicted octanol–water partition coefficient (Wildman–Crippen LogP) is 3.49. The summed E-state index contributed by atoms with van der Waals surface area (Å²) in [6.07, 6.45) is 5.52. The van der Waals surface area contributed by atoms with Gasteiger partial charge in [-0.25, -0.2) is 23.4 Å². The van der Waals surface area contributed by atoms with Crippen LogP contribution >= 0.6 is 11.8 Å². The zero-order valence-corrected chi connectivity index (χ0v) is 22.6. The molecule has 0 saturated carbocycles. The maximum absolute atomic E-state index is 14.6. The summed E-state index contributed by atoms with van der Waals surface area (Å²) < 4.78 is 30.3. The van der Waals surface area contributed by atoms with Crippen molar-refractivity contribution in [3.8, 4) is 0 Å². The SMILES string of the molecule is CSCCN1C[C@H](c2cccc(F)c2F)CC[C@@H](NC(=O)N2CCC(n3c(=O)[nH]c4ncccc43)CC2)C1=O. The summed E-state index contributed by atoms with van der Waals surface area (Å²) in [5.74, 6) is -1.66. The van der Waals surface area contributed by atoms with Gasteiger partial charge in [0.15, 0.2) is 17.3 Å². The molecule has 12 heteroatoms. The van der Waals surface area contributed by atoms with E-state index in [9.17, 15) is 23.2 Å². The Kier molecular flexibility index (Phi) is 8.20. The highest BCUT2D eigenvalue weighted by Gasteiger charge is 2.35. The van der Waals surface area contributed by atoms with Crippen LogP contribution in [0.2, 0.25) is 0 Å². The molecule has 208 valence electrons. The second kappa shape index (κ2) is 11.8. The minimum atomic E-state index is -0.904. The van der Waals surface area contributed by atoms with E-state index >= 15 is 0 Å². The number of thioether (sulfide) groups is 1. The maximum Gasteiger partial charge on any atom is 0.327 e. The summed E-state index contributed by atoms with van der Waals surface area (Å²) in [6, 6.07) is 6.62. The molecule has 2 atom stereocenters. The number of likely N-dealkylation sites (tertiary alicyclic amines) is 2. The van der Waals surface area contributed by atoms with Crippen LogP contribution in [-0.4, -0.2) is 80.5 Å². The molecular weight excluding hydrogens is 526 g/mol. The molecule has 2 fully saturated rings. The fourth-order valence-electron chi connectivity index (χ4n) is 5.67. The number of nitrogens with zero attached hydrogens (tertiary/aromatic N) is 4. The first-order chi connectivity index (χ1) is 18.9. The third kappa shape index (κ3) is 5.66. The highest BCUT2D eigenvalue weighted by molar-refractivity contribution is 7.98. The summed E-state index contributed by atoms with van der Waals surface area (Å²) in [4.78, 5) is 49.5. The van der Waals surface area contributed by atoms with Gasteiger partial charge in [-0.1, -0.05) is 12.1 Å². The Labute approximate surface area is 228 Å². The van der Waals surface area contributed by atoms with Gasteiger partial charge in [-0.05, 0) is 55.7 Å². The second-order valence-corrected chi connectivity index (χ2v) is 11.1. The zero-order valence-electron chi connectivity index (χ0n) is 21.7. The number of fused-ring (bicyclic) bond motifs is 1. The topological polar surface area (TPSA) is 103 Å². The number of hydrogen-bond acceptors (Lipinski definition) is 5. The minimum Gasteiger partial charge on any atom is -0.339 e. The molecule has 0 unspecified atom stereocenters. The standard InChI is InChI=1S/C27H32F2N6O3S/c1-39-15-14-34-16-17(19-4-2-5-20(28)23(19)29)7-8-21(25(34)36)31-26(37)33-12-9-18(10-13-33)35-22-6-3-11-30-24(22)32-27(35)38/h2-6,11,17-18,21H,7-10,12-16H2,1H3,(H,31,37)(H,30,32,38)/t17-,21-/m1/s1. The lowest BCUT2D eigenvalue weighted by Crippen LogP contribution is -2.53. The van der Waals surface area contributed by atoms with Crippen LogP contribution in [0.1, 0.15) is 43.2 Å². The largest absolute Gasteiger partial charge is 0.339 e. The van der Waals surface area contributed by atoms with Crippen molar-refractivity contribution < 1.29 is 18.4 Å². The highest BCUT2D eigenvalue weighted by atomic mass is 32.2. The Bertz CT molecular complexity index is 1400. The molecule has 39 heavy (non-hydrogen) atoms. The lowest BCUT2D eigenvalue weighted by atomic mass is 9.93. The number of hydrogen-bond donors (Lipinski definition) is 2. The van der Waals surface area contributed by atoms with E-state index in [0.717, 1.165) is 11.6 Å². The van der Waals surface area contributed by atoms with Gasteiger partial charge in [0.25, 0.3) is 0 Å². The molecule has 0 spiro atoms. The van der Waals surface area contributed by atoms with Crippen LogP contribution in [0.4, 0.5) is 13.6 Å². The van der Waals surface area contributed by atoms with Gasteiger partial charge in [0.2, 0.25) is 5.91 Å². The van der Waals surface area contributed by atoms with Gasteiger partial charge < -0.3 is 15.1 Å². The second-order valence-electron chi connectivity index (χ2n) is 10.1. The van der Waals surface area contributed by atoms with Crippen molar-refractivity contribution in [3.63, 3.8) is 0 Å². The van der Waals surface area contributed by atoms with Crippen LogP contribution in [0.15, 0.2) is 41.3 Å². The number of aromatic nitrogens is 3. The normalized spacial score (nSPS) is 20.8. The van der Waals surface area contributed by atoms with E-state index in [1.807, 2.05) is 12.3 Å². The Morgan fingerprint density at radius 3 is 2.69 bits per heavy atom. The molecule has 0 aliphatic carbocycles. The Morgan fingerprint density at radius 2 is 1.92 bits per heavy atom. The van der Waals surface area contributed by atoms with Gasteiger partial charge in [0.1, 0.15) is 6.04 Å². The first-order valence-corrected chi connectivity index (χ1v) is 14.6. The van der Waals surface area contributed by atoms with E-state index in [0.29, 0.717) is 56.7 Å². The van der Waals surface area contributed by atoms with E-state index in [4.69, 9.17) is 0 Å². The highest BCUT2D eigenvalue weighted by Crippen LogP contribution is 2.30. The van der Waals surface area contributed by atoms with E-state index in [1.54, 1.807) is 44.5 Å². The first kappa shape index (κ1) is 27.2. The van der Waals surface area contributed by atoms with Crippen LogP contribution < -0.4 is 11.0 Å². The number of amides is 3. The van der Waals surface area contributed by atoms with Crippen LogP contribution in [0.5, 0.6) is 0 Å². The molecular formula is C27H32F2N6O3S. The minimum absolute atomic E-state index is 0.0667. The van der Waals surface area contributed by atoms with Gasteiger partial charge in [-0.15, -0.1) is 0 Å². The molecule has 2 aromatic heterocycles. The zero-order chi connectivity index (χ0) is 27.5. The molecule has 3 amide bonds. The molecule has 9 nitrogen and oxygen atoms in total. The average Bonchev–Trinajstić information content (AvgIpc) is 3.20. The van der Waals surface area contributed by atoms with Crippen molar-refractivity contribution in [1.29, 1.82) is 0 Å². The molecule has 2 saturated heterocycles. The lowest BCUT2D eigenvalue weighted by molar-refractivity contribution is -0.132. The number of urea groups is 1. The number of carbonyl (C=O) groups is 2. The van der Waals surface area contributed by atoms with Crippen LogP contribution in [0, 0.1) is 11.6 Å². The quantitative estimate of drug-likeness (QED) is 0.482. The molecule has 2 N–H and O–H groups in total. The number of piperidine rings is 1. The third-order valence-electron chi connectivity index (χ3n) is 7.75. The van der Waals surface area contributed by atoms with Crippen molar-refractivity contribution >= 4 is 34.9 Å². The number of nitrogens with one attached hydrogen (secondary N) is 2. The number of H-pyrrole nitrogens is 1. The number of imidazole rings is 1. The Hall–Kier alpha value is -3.41. The van der Waals surface area contributed by atoms with Crippen LogP contribution in [0.3, 0.4) is 0 Å². The lowest BCUT2D eigenvalue weighted by Gasteiger charge is -2.34. The van der Waals surface area contributed by atoms with Crippen molar-refractivity contribution in [2.45, 2.75) is 43.7 Å². The average molecular weight is 559 g/mol. The van der Waals surface area contributed by atoms with Crippen molar-refractivity contribution in [1.82, 2.24) is 29.7 Å². The van der Waals surface area contributed by atoms with Gasteiger partial charge in [0, 0.05) is 50.1 Å². The summed E-state index contributed by atoms with van der Waals surface area (Å²) in [6.45, 7) is 1.60. The summed E-state index contributed by atoms with van der Waals surface area (Å²) >= 11 is 1.59. The van der Waals surface area contributed by atoms with Crippen LogP contribution in [-0.2, 0) is 4.79 Å². The molecule has 5 rings (SSSR count). The van der Waals surface area contributed by atoms with Gasteiger partial charge in [0.05, 0.1) is 5.52 Å². The maximum atomic E-state index is 14.6. The number of aromatic amines is 1. The van der Waals surface area contributed by atoms with E-state index in [-0.39, 0.29) is 41.7 Å². The molecule has 4 heterocycles. The van der Waals surface area contributed by atoms with E-state index < -0.39 is 17.7 Å². The molecule has 0 bridgehead atoms. The van der Waals surface area contributed by atoms with E-state index in [2.05, 4.69) is 15.3 Å². The van der Waals surface area contributed by atoms with Gasteiger partial charge >= 0.3 is 11.7 Å². The Morgan fingerprint density at radius 1 is 1.13 bits per heavy atom. The molecule has 0 radical (unpaired) electrons. The summed E-state index contributed by atoms with van der Waals surface area (Å²) in [5.41, 5.74) is 1.32. The summed E-state index contributed by atoms with van der Waals surface area (Å²) in [5, 5.41) is 2.91. The molecule has 2 aliphatic heterocycles. The molecule has 2 aliphatic rings. The smallest absolute Gasteiger partial charge is 0.327 e. The van der Waals surface area contributed by atoms with E-state index in [1.165, 1.54) is 6.07 Å². The number of rotatable bonds is 6. The van der Waals surface area contributed by atoms with Crippen molar-refractivity contribution in [2.75, 3.05) is 38.2 Å².